The fourth-order valence-electron chi connectivity index (χ4n) is 2.77. The summed E-state index contributed by atoms with van der Waals surface area (Å²) in [5.74, 6) is 0.517. The largest absolute Gasteiger partial charge is 0.357 e. The van der Waals surface area contributed by atoms with Gasteiger partial charge in [-0.3, -0.25) is 4.90 Å². The normalized spacial score (nSPS) is 16.9. The zero-order valence-electron chi connectivity index (χ0n) is 14.2. The Labute approximate surface area is 152 Å². The predicted octanol–water partition coefficient (Wildman–Crippen LogP) is 3.29. The molecule has 1 fully saturated rings. The number of hydrogen-bond donors (Lipinski definition) is 2. The van der Waals surface area contributed by atoms with E-state index in [-0.39, 0.29) is 5.82 Å². The summed E-state index contributed by atoms with van der Waals surface area (Å²) >= 11 is 3.27. The van der Waals surface area contributed by atoms with Crippen molar-refractivity contribution in [3.05, 3.63) is 46.7 Å². The van der Waals surface area contributed by atoms with Gasteiger partial charge in [0.05, 0.1) is 6.54 Å². The van der Waals surface area contributed by atoms with Gasteiger partial charge in [0.1, 0.15) is 5.82 Å². The van der Waals surface area contributed by atoms with E-state index >= 15 is 0 Å². The Balaban J connectivity index is 1.92. The van der Waals surface area contributed by atoms with Gasteiger partial charge in [-0.05, 0) is 31.9 Å². The van der Waals surface area contributed by atoms with Crippen molar-refractivity contribution in [1.82, 2.24) is 15.5 Å². The van der Waals surface area contributed by atoms with Crippen LogP contribution in [-0.2, 0) is 6.54 Å². The van der Waals surface area contributed by atoms with E-state index in [0.717, 1.165) is 49.5 Å². The van der Waals surface area contributed by atoms with Crippen molar-refractivity contribution in [2.24, 2.45) is 4.99 Å². The first-order valence-electron chi connectivity index (χ1n) is 8.44. The molecule has 0 radical (unpaired) electrons. The Morgan fingerprint density at radius 1 is 1.46 bits per heavy atom. The highest BCUT2D eigenvalue weighted by molar-refractivity contribution is 9.10. The minimum Gasteiger partial charge on any atom is -0.357 e. The number of halogens is 2. The first-order valence-corrected chi connectivity index (χ1v) is 9.23. The van der Waals surface area contributed by atoms with Crippen molar-refractivity contribution < 1.29 is 4.39 Å². The lowest BCUT2D eigenvalue weighted by Gasteiger charge is -2.32. The van der Waals surface area contributed by atoms with Crippen LogP contribution in [0.1, 0.15) is 25.3 Å². The van der Waals surface area contributed by atoms with Gasteiger partial charge < -0.3 is 10.6 Å². The van der Waals surface area contributed by atoms with E-state index in [9.17, 15) is 4.39 Å². The molecule has 0 bridgehead atoms. The number of nitrogens with one attached hydrogen (secondary N) is 2. The highest BCUT2D eigenvalue weighted by Gasteiger charge is 2.19. The number of likely N-dealkylation sites (tertiary alicyclic amines) is 1. The van der Waals surface area contributed by atoms with E-state index in [1.54, 1.807) is 6.07 Å². The molecule has 0 unspecified atom stereocenters. The lowest BCUT2D eigenvalue weighted by atomic mass is 10.1. The molecular weight excluding hydrogens is 371 g/mol. The van der Waals surface area contributed by atoms with Crippen LogP contribution in [0.2, 0.25) is 0 Å². The fourth-order valence-corrected chi connectivity index (χ4v) is 3.10. The summed E-state index contributed by atoms with van der Waals surface area (Å²) in [5, 5.41) is 6.72. The van der Waals surface area contributed by atoms with Crippen LogP contribution in [0.3, 0.4) is 0 Å². The average molecular weight is 397 g/mol. The first-order chi connectivity index (χ1) is 11.6. The molecule has 1 saturated heterocycles. The predicted molar refractivity (Wildman–Crippen MR) is 102 cm³/mol. The van der Waals surface area contributed by atoms with Crippen LogP contribution in [0, 0.1) is 5.82 Å². The second kappa shape index (κ2) is 9.79. The third kappa shape index (κ3) is 5.91. The van der Waals surface area contributed by atoms with Crippen molar-refractivity contribution in [2.75, 3.05) is 26.2 Å². The molecule has 4 nitrogen and oxygen atoms in total. The number of nitrogens with zero attached hydrogens (tertiary/aromatic N) is 2. The molecule has 1 aliphatic heterocycles. The summed E-state index contributed by atoms with van der Waals surface area (Å²) < 4.78 is 14.6. The quantitative estimate of drug-likeness (QED) is 0.440. The Hall–Kier alpha value is -1.40. The summed E-state index contributed by atoms with van der Waals surface area (Å²) in [6.45, 7) is 10.00. The number of rotatable bonds is 6. The Morgan fingerprint density at radius 3 is 2.83 bits per heavy atom. The zero-order valence-corrected chi connectivity index (χ0v) is 15.8. The monoisotopic (exact) mass is 396 g/mol. The molecule has 132 valence electrons. The van der Waals surface area contributed by atoms with Gasteiger partial charge in [-0.2, -0.15) is 0 Å². The molecule has 24 heavy (non-hydrogen) atoms. The SMILES string of the molecule is C=CCN1CCC(NC(=NCc2ccc(Br)cc2F)NCC)CC1. The molecule has 0 aromatic heterocycles. The van der Waals surface area contributed by atoms with E-state index in [0.29, 0.717) is 18.2 Å². The van der Waals surface area contributed by atoms with Crippen LogP contribution in [0.15, 0.2) is 40.3 Å². The molecule has 2 N–H and O–H groups in total. The van der Waals surface area contributed by atoms with Gasteiger partial charge in [-0.25, -0.2) is 9.38 Å². The van der Waals surface area contributed by atoms with Crippen LogP contribution < -0.4 is 10.6 Å². The Morgan fingerprint density at radius 2 is 2.21 bits per heavy atom. The van der Waals surface area contributed by atoms with Crippen molar-refractivity contribution in [2.45, 2.75) is 32.4 Å². The van der Waals surface area contributed by atoms with E-state index in [1.165, 1.54) is 6.07 Å². The molecule has 0 aliphatic carbocycles. The molecule has 0 spiro atoms. The highest BCUT2D eigenvalue weighted by Crippen LogP contribution is 2.16. The molecule has 0 saturated carbocycles. The second-order valence-corrected chi connectivity index (χ2v) is 6.85. The molecule has 1 aromatic rings. The third-order valence-electron chi connectivity index (χ3n) is 4.08. The summed E-state index contributed by atoms with van der Waals surface area (Å²) in [6, 6.07) is 5.48. The Bertz CT molecular complexity index is 568. The number of benzene rings is 1. The molecule has 0 atom stereocenters. The molecule has 0 amide bonds. The minimum atomic E-state index is -0.235. The van der Waals surface area contributed by atoms with Gasteiger partial charge in [-0.1, -0.05) is 28.1 Å². The molecule has 6 heteroatoms. The average Bonchev–Trinajstić information content (AvgIpc) is 2.56. The minimum absolute atomic E-state index is 0.235. The Kier molecular flexibility index (Phi) is 7.72. The van der Waals surface area contributed by atoms with Crippen molar-refractivity contribution in [1.29, 1.82) is 0 Å². The smallest absolute Gasteiger partial charge is 0.191 e. The standard InChI is InChI=1S/C18H26BrFN4/c1-3-9-24-10-7-16(8-11-24)23-18(21-4-2)22-13-14-5-6-15(19)12-17(14)20/h3,5-6,12,16H,1,4,7-11,13H2,2H3,(H2,21,22,23). The van der Waals surface area contributed by atoms with E-state index in [4.69, 9.17) is 0 Å². The maximum absolute atomic E-state index is 13.9. The fraction of sp³-hybridized carbons (Fsp3) is 0.500. The lowest BCUT2D eigenvalue weighted by Crippen LogP contribution is -2.48. The zero-order chi connectivity index (χ0) is 17.4. The van der Waals surface area contributed by atoms with Crippen molar-refractivity contribution in [3.8, 4) is 0 Å². The van der Waals surface area contributed by atoms with E-state index in [1.807, 2.05) is 19.1 Å². The van der Waals surface area contributed by atoms with Gasteiger partial charge in [0.25, 0.3) is 0 Å². The van der Waals surface area contributed by atoms with Gasteiger partial charge in [0.2, 0.25) is 0 Å². The maximum atomic E-state index is 13.9. The lowest BCUT2D eigenvalue weighted by molar-refractivity contribution is 0.225. The number of guanidine groups is 1. The van der Waals surface area contributed by atoms with Crippen molar-refractivity contribution in [3.63, 3.8) is 0 Å². The van der Waals surface area contributed by atoms with Gasteiger partial charge >= 0.3 is 0 Å². The molecule has 2 rings (SSSR count). The summed E-state index contributed by atoms with van der Waals surface area (Å²) in [5.41, 5.74) is 0.594. The topological polar surface area (TPSA) is 39.7 Å². The van der Waals surface area contributed by atoms with Crippen molar-refractivity contribution >= 4 is 21.9 Å². The molecule has 1 aliphatic rings. The van der Waals surface area contributed by atoms with Crippen LogP contribution in [0.4, 0.5) is 4.39 Å². The molecular formula is C18H26BrFN4. The van der Waals surface area contributed by atoms with Crippen LogP contribution >= 0.6 is 15.9 Å². The van der Waals surface area contributed by atoms with Gasteiger partial charge in [0.15, 0.2) is 5.96 Å². The summed E-state index contributed by atoms with van der Waals surface area (Å²) in [6.07, 6.45) is 4.10. The molecule has 1 heterocycles. The summed E-state index contributed by atoms with van der Waals surface area (Å²) in [7, 11) is 0. The number of hydrogen-bond acceptors (Lipinski definition) is 2. The highest BCUT2D eigenvalue weighted by atomic mass is 79.9. The number of piperidine rings is 1. The number of aliphatic imine (C=N–C) groups is 1. The van der Waals surface area contributed by atoms with E-state index in [2.05, 4.69) is 43.0 Å². The first kappa shape index (κ1) is 18.9. The van der Waals surface area contributed by atoms with E-state index < -0.39 is 0 Å². The van der Waals surface area contributed by atoms with Crippen LogP contribution in [0.25, 0.3) is 0 Å². The summed E-state index contributed by atoms with van der Waals surface area (Å²) in [4.78, 5) is 6.93. The van der Waals surface area contributed by atoms with Crippen LogP contribution in [-0.4, -0.2) is 43.1 Å². The van der Waals surface area contributed by atoms with Crippen LogP contribution in [0.5, 0.6) is 0 Å². The second-order valence-electron chi connectivity index (χ2n) is 5.94. The third-order valence-corrected chi connectivity index (χ3v) is 4.58. The van der Waals surface area contributed by atoms with Gasteiger partial charge in [0, 0.05) is 42.3 Å². The molecule has 1 aromatic carbocycles. The maximum Gasteiger partial charge on any atom is 0.191 e. The van der Waals surface area contributed by atoms with Gasteiger partial charge in [-0.15, -0.1) is 6.58 Å².